The van der Waals surface area contributed by atoms with Gasteiger partial charge in [0.2, 0.25) is 5.91 Å². The first-order valence-electron chi connectivity index (χ1n) is 8.52. The molecule has 0 spiro atoms. The van der Waals surface area contributed by atoms with Gasteiger partial charge in [-0.1, -0.05) is 18.7 Å². The second-order valence-electron chi connectivity index (χ2n) is 5.89. The third-order valence-corrected chi connectivity index (χ3v) is 6.27. The predicted octanol–water partition coefficient (Wildman–Crippen LogP) is 3.52. The van der Waals surface area contributed by atoms with Gasteiger partial charge in [0.1, 0.15) is 10.8 Å². The number of anilines is 1. The van der Waals surface area contributed by atoms with Crippen LogP contribution in [0.5, 0.6) is 0 Å². The molecule has 8 nitrogen and oxygen atoms in total. The van der Waals surface area contributed by atoms with Crippen LogP contribution in [0.4, 0.5) is 5.00 Å². The Morgan fingerprint density at radius 1 is 1.39 bits per heavy atom. The fourth-order valence-electron chi connectivity index (χ4n) is 2.56. The zero-order chi connectivity index (χ0) is 20.3. The fourth-order valence-corrected chi connectivity index (χ4v) is 4.27. The van der Waals surface area contributed by atoms with Crippen molar-refractivity contribution < 1.29 is 18.7 Å². The molecule has 3 aromatic heterocycles. The van der Waals surface area contributed by atoms with Gasteiger partial charge in [-0.2, -0.15) is 0 Å². The maximum Gasteiger partial charge on any atom is 0.340 e. The fraction of sp³-hybridized carbons (Fsp3) is 0.333. The van der Waals surface area contributed by atoms with Crippen molar-refractivity contribution >= 4 is 40.0 Å². The smallest absolute Gasteiger partial charge is 0.340 e. The molecule has 0 saturated carbocycles. The van der Waals surface area contributed by atoms with Crippen LogP contribution < -0.4 is 5.32 Å². The summed E-state index contributed by atoms with van der Waals surface area (Å²) in [5, 5.41) is 12.2. The Balaban J connectivity index is 1.67. The molecule has 0 aromatic carbocycles. The van der Waals surface area contributed by atoms with Crippen molar-refractivity contribution in [2.24, 2.45) is 7.05 Å². The molecule has 0 saturated heterocycles. The van der Waals surface area contributed by atoms with E-state index in [2.05, 4.69) is 15.5 Å². The van der Waals surface area contributed by atoms with Crippen LogP contribution in [0.2, 0.25) is 0 Å². The van der Waals surface area contributed by atoms with E-state index in [1.807, 2.05) is 31.5 Å². The quantitative estimate of drug-likeness (QED) is 0.461. The lowest BCUT2D eigenvalue weighted by molar-refractivity contribution is -0.113. The van der Waals surface area contributed by atoms with Gasteiger partial charge in [0.25, 0.3) is 0 Å². The van der Waals surface area contributed by atoms with Gasteiger partial charge >= 0.3 is 5.97 Å². The lowest BCUT2D eigenvalue weighted by atomic mass is 10.2. The highest BCUT2D eigenvalue weighted by atomic mass is 32.2. The molecule has 0 bridgehead atoms. The van der Waals surface area contributed by atoms with E-state index < -0.39 is 5.97 Å². The third kappa shape index (κ3) is 4.12. The summed E-state index contributed by atoms with van der Waals surface area (Å²) in [6, 6.07) is 3.58. The first-order chi connectivity index (χ1) is 13.4. The minimum Gasteiger partial charge on any atom is -0.469 e. The molecule has 3 rings (SSSR count). The Hall–Kier alpha value is -2.59. The number of nitrogens with one attached hydrogen (secondary N) is 1. The second kappa shape index (κ2) is 8.61. The number of amides is 1. The van der Waals surface area contributed by atoms with Crippen molar-refractivity contribution in [3.8, 4) is 11.4 Å². The minimum atomic E-state index is -0.465. The van der Waals surface area contributed by atoms with Gasteiger partial charge < -0.3 is 19.0 Å². The Kier molecular flexibility index (Phi) is 6.20. The number of thiophene rings is 1. The number of ether oxygens (including phenoxy) is 1. The molecule has 1 amide bonds. The first kappa shape index (κ1) is 20.2. The summed E-state index contributed by atoms with van der Waals surface area (Å²) in [5.74, 6) is 0.865. The van der Waals surface area contributed by atoms with E-state index in [4.69, 9.17) is 9.15 Å². The number of nitrogens with zero attached hydrogens (tertiary/aromatic N) is 3. The average Bonchev–Trinajstić information content (AvgIpc) is 3.38. The van der Waals surface area contributed by atoms with Gasteiger partial charge in [-0.3, -0.25) is 4.79 Å². The number of hydrogen-bond acceptors (Lipinski definition) is 8. The number of carbonyl (C=O) groups excluding carboxylic acids is 2. The summed E-state index contributed by atoms with van der Waals surface area (Å²) in [4.78, 5) is 25.3. The monoisotopic (exact) mass is 420 g/mol. The molecule has 3 aromatic rings. The summed E-state index contributed by atoms with van der Waals surface area (Å²) in [6.45, 7) is 3.84. The zero-order valence-electron chi connectivity index (χ0n) is 15.9. The molecule has 0 atom stereocenters. The average molecular weight is 421 g/mol. The normalized spacial score (nSPS) is 10.9. The van der Waals surface area contributed by atoms with Crippen LogP contribution in [0.1, 0.15) is 27.9 Å². The number of thioether (sulfide) groups is 1. The van der Waals surface area contributed by atoms with Gasteiger partial charge in [-0.05, 0) is 25.5 Å². The number of rotatable bonds is 7. The summed E-state index contributed by atoms with van der Waals surface area (Å²) in [6.07, 6.45) is 2.37. The van der Waals surface area contributed by atoms with Crippen LogP contribution in [0.3, 0.4) is 0 Å². The Bertz CT molecular complexity index is 1010. The Labute approximate surface area is 170 Å². The molecule has 10 heteroatoms. The molecule has 0 aliphatic carbocycles. The number of hydrogen-bond donors (Lipinski definition) is 1. The number of methoxy groups -OCH3 is 1. The predicted molar refractivity (Wildman–Crippen MR) is 108 cm³/mol. The molecule has 28 heavy (non-hydrogen) atoms. The largest absolute Gasteiger partial charge is 0.469 e. The summed E-state index contributed by atoms with van der Waals surface area (Å²) in [5.41, 5.74) is 1.23. The SMILES string of the molecule is CCc1cc(C(=O)OC)c(NC(=O)CSc2nnc(-c3ccoc3C)n2C)s1. The number of carbonyl (C=O) groups is 2. The van der Waals surface area contributed by atoms with Crippen molar-refractivity contribution in [1.29, 1.82) is 0 Å². The lowest BCUT2D eigenvalue weighted by Crippen LogP contribution is -2.16. The van der Waals surface area contributed by atoms with Crippen molar-refractivity contribution in [2.75, 3.05) is 18.2 Å². The number of esters is 1. The molecule has 0 radical (unpaired) electrons. The molecular weight excluding hydrogens is 400 g/mol. The molecule has 1 N–H and O–H groups in total. The van der Waals surface area contributed by atoms with Crippen molar-refractivity contribution in [2.45, 2.75) is 25.4 Å². The van der Waals surface area contributed by atoms with E-state index in [9.17, 15) is 9.59 Å². The van der Waals surface area contributed by atoms with Crippen molar-refractivity contribution in [1.82, 2.24) is 14.8 Å². The third-order valence-electron chi connectivity index (χ3n) is 4.06. The summed E-state index contributed by atoms with van der Waals surface area (Å²) < 4.78 is 11.9. The molecular formula is C18H20N4O4S2. The lowest BCUT2D eigenvalue weighted by Gasteiger charge is -2.05. The highest BCUT2D eigenvalue weighted by molar-refractivity contribution is 7.99. The Morgan fingerprint density at radius 2 is 2.18 bits per heavy atom. The highest BCUT2D eigenvalue weighted by Crippen LogP contribution is 2.30. The maximum atomic E-state index is 12.4. The van der Waals surface area contributed by atoms with Crippen LogP contribution in [-0.2, 0) is 23.0 Å². The van der Waals surface area contributed by atoms with Crippen LogP contribution in [-0.4, -0.2) is 39.5 Å². The van der Waals surface area contributed by atoms with E-state index in [-0.39, 0.29) is 11.7 Å². The van der Waals surface area contributed by atoms with E-state index in [0.717, 1.165) is 22.6 Å². The van der Waals surface area contributed by atoms with Crippen LogP contribution in [0, 0.1) is 6.92 Å². The van der Waals surface area contributed by atoms with Crippen molar-refractivity contribution in [3.05, 3.63) is 34.6 Å². The molecule has 3 heterocycles. The Morgan fingerprint density at radius 3 is 2.82 bits per heavy atom. The van der Waals surface area contributed by atoms with Crippen molar-refractivity contribution in [3.63, 3.8) is 0 Å². The van der Waals surface area contributed by atoms with Gasteiger partial charge in [-0.15, -0.1) is 21.5 Å². The molecule has 148 valence electrons. The van der Waals surface area contributed by atoms with E-state index in [1.165, 1.54) is 30.2 Å². The molecule has 0 unspecified atom stereocenters. The van der Waals surface area contributed by atoms with E-state index in [1.54, 1.807) is 12.3 Å². The summed E-state index contributed by atoms with van der Waals surface area (Å²) >= 11 is 2.64. The molecule has 0 fully saturated rings. The maximum absolute atomic E-state index is 12.4. The standard InChI is InChI=1S/C18H20N4O4S2/c1-5-11-8-13(17(24)25-4)16(28-11)19-14(23)9-27-18-21-20-15(22(18)3)12-6-7-26-10(12)2/h6-8H,5,9H2,1-4H3,(H,19,23). The molecule has 0 aliphatic rings. The number of aromatic nitrogens is 3. The van der Waals surface area contributed by atoms with Crippen LogP contribution in [0.25, 0.3) is 11.4 Å². The highest BCUT2D eigenvalue weighted by Gasteiger charge is 2.19. The van der Waals surface area contributed by atoms with Gasteiger partial charge in [-0.25, -0.2) is 4.79 Å². The van der Waals surface area contributed by atoms with Gasteiger partial charge in [0, 0.05) is 11.9 Å². The van der Waals surface area contributed by atoms with Gasteiger partial charge in [0.15, 0.2) is 11.0 Å². The van der Waals surface area contributed by atoms with Crippen LogP contribution in [0.15, 0.2) is 28.0 Å². The van der Waals surface area contributed by atoms with Crippen LogP contribution >= 0.6 is 23.1 Å². The minimum absolute atomic E-state index is 0.135. The van der Waals surface area contributed by atoms with E-state index >= 15 is 0 Å². The second-order valence-corrected chi connectivity index (χ2v) is 7.97. The number of aryl methyl sites for hydroxylation is 2. The zero-order valence-corrected chi connectivity index (χ0v) is 17.6. The summed E-state index contributed by atoms with van der Waals surface area (Å²) in [7, 11) is 3.16. The van der Waals surface area contributed by atoms with E-state index in [0.29, 0.717) is 21.5 Å². The number of furan rings is 1. The molecule has 0 aliphatic heterocycles. The first-order valence-corrected chi connectivity index (χ1v) is 10.3. The topological polar surface area (TPSA) is 99.2 Å². The van der Waals surface area contributed by atoms with Gasteiger partial charge in [0.05, 0.1) is 30.3 Å².